The first-order valence-corrected chi connectivity index (χ1v) is 5.37. The lowest BCUT2D eigenvalue weighted by atomic mass is 10.0. The number of nitrogens with two attached hydrogens (primary N) is 1. The molecule has 0 aliphatic rings. The second kappa shape index (κ2) is 5.10. The van der Waals surface area contributed by atoms with Gasteiger partial charge in [-0.25, -0.2) is 8.78 Å². The molecule has 0 radical (unpaired) electrons. The van der Waals surface area contributed by atoms with Crippen molar-refractivity contribution >= 4 is 0 Å². The molecule has 1 atom stereocenters. The minimum Gasteiger partial charge on any atom is -0.469 e. The highest BCUT2D eigenvalue weighted by molar-refractivity contribution is 5.21. The number of halogens is 2. The highest BCUT2D eigenvalue weighted by atomic mass is 19.1. The molecule has 2 rings (SSSR count). The largest absolute Gasteiger partial charge is 0.469 e. The Morgan fingerprint density at radius 2 is 1.76 bits per heavy atom. The number of hydrogen-bond donors (Lipinski definition) is 1. The molecular weight excluding hydrogens is 224 g/mol. The molecule has 1 heterocycles. The van der Waals surface area contributed by atoms with Crippen LogP contribution in [0.1, 0.15) is 11.3 Å². The lowest BCUT2D eigenvalue weighted by molar-refractivity contribution is 0.473. The van der Waals surface area contributed by atoms with Gasteiger partial charge in [-0.2, -0.15) is 0 Å². The van der Waals surface area contributed by atoms with Crippen molar-refractivity contribution in [2.24, 2.45) is 5.73 Å². The van der Waals surface area contributed by atoms with Gasteiger partial charge >= 0.3 is 0 Å². The van der Waals surface area contributed by atoms with Crippen molar-refractivity contribution in [3.63, 3.8) is 0 Å². The first-order valence-electron chi connectivity index (χ1n) is 5.37. The quantitative estimate of drug-likeness (QED) is 0.887. The van der Waals surface area contributed by atoms with E-state index in [0.29, 0.717) is 12.2 Å². The Bertz CT molecular complexity index is 462. The molecule has 0 aliphatic heterocycles. The number of furan rings is 1. The zero-order valence-corrected chi connectivity index (χ0v) is 9.20. The molecule has 1 aromatic heterocycles. The van der Waals surface area contributed by atoms with Gasteiger partial charge in [0.05, 0.1) is 6.26 Å². The van der Waals surface area contributed by atoms with E-state index >= 15 is 0 Å². The van der Waals surface area contributed by atoms with Gasteiger partial charge in [0.1, 0.15) is 17.4 Å². The molecule has 2 nitrogen and oxygen atoms in total. The van der Waals surface area contributed by atoms with Crippen molar-refractivity contribution in [3.05, 3.63) is 59.6 Å². The summed E-state index contributed by atoms with van der Waals surface area (Å²) in [5.74, 6) is -0.394. The maximum Gasteiger partial charge on any atom is 0.129 e. The van der Waals surface area contributed by atoms with Crippen molar-refractivity contribution < 1.29 is 13.2 Å². The predicted octanol–water partition coefficient (Wildman–Crippen LogP) is 2.67. The van der Waals surface area contributed by atoms with Crippen LogP contribution in [0.2, 0.25) is 0 Å². The summed E-state index contributed by atoms with van der Waals surface area (Å²) in [6, 6.07) is 6.98. The Kier molecular flexibility index (Phi) is 3.54. The molecule has 0 bridgehead atoms. The molecule has 0 fully saturated rings. The fraction of sp³-hybridized carbons (Fsp3) is 0.231. The predicted molar refractivity (Wildman–Crippen MR) is 60.4 cm³/mol. The molecule has 0 amide bonds. The Balaban J connectivity index is 2.05. The zero-order valence-electron chi connectivity index (χ0n) is 9.20. The van der Waals surface area contributed by atoms with E-state index in [-0.39, 0.29) is 18.0 Å². The molecule has 90 valence electrons. The summed E-state index contributed by atoms with van der Waals surface area (Å²) >= 11 is 0. The van der Waals surface area contributed by atoms with Gasteiger partial charge in [0.2, 0.25) is 0 Å². The number of benzene rings is 1. The summed E-state index contributed by atoms with van der Waals surface area (Å²) in [4.78, 5) is 0. The van der Waals surface area contributed by atoms with E-state index in [2.05, 4.69) is 0 Å². The molecule has 2 N–H and O–H groups in total. The maximum absolute atomic E-state index is 13.4. The summed E-state index contributed by atoms with van der Waals surface area (Å²) in [7, 11) is 0. The van der Waals surface area contributed by atoms with Crippen molar-refractivity contribution in [1.29, 1.82) is 0 Å². The van der Waals surface area contributed by atoms with Crippen molar-refractivity contribution in [2.45, 2.75) is 18.9 Å². The van der Waals surface area contributed by atoms with E-state index in [0.717, 1.165) is 0 Å². The van der Waals surface area contributed by atoms with E-state index in [1.807, 2.05) is 0 Å². The van der Waals surface area contributed by atoms with Crippen LogP contribution in [0.4, 0.5) is 8.78 Å². The van der Waals surface area contributed by atoms with Gasteiger partial charge in [0.25, 0.3) is 0 Å². The maximum atomic E-state index is 13.4. The van der Waals surface area contributed by atoms with E-state index in [1.54, 1.807) is 18.4 Å². The number of hydrogen-bond acceptors (Lipinski definition) is 2. The third-order valence-corrected chi connectivity index (χ3v) is 2.57. The molecular formula is C13H13F2NO. The molecule has 0 saturated carbocycles. The summed E-state index contributed by atoms with van der Waals surface area (Å²) in [5.41, 5.74) is 5.88. The molecule has 4 heteroatoms. The van der Waals surface area contributed by atoms with Gasteiger partial charge in [0.15, 0.2) is 0 Å². The highest BCUT2D eigenvalue weighted by Crippen LogP contribution is 2.15. The third kappa shape index (κ3) is 2.91. The van der Waals surface area contributed by atoms with Gasteiger partial charge in [-0.1, -0.05) is 6.07 Å². The van der Waals surface area contributed by atoms with Gasteiger partial charge < -0.3 is 10.2 Å². The van der Waals surface area contributed by atoms with Crippen LogP contribution >= 0.6 is 0 Å². The number of rotatable bonds is 4. The van der Waals surface area contributed by atoms with Gasteiger partial charge in [-0.15, -0.1) is 0 Å². The summed E-state index contributed by atoms with van der Waals surface area (Å²) < 4.78 is 31.9. The van der Waals surface area contributed by atoms with Crippen LogP contribution in [-0.2, 0) is 12.8 Å². The average molecular weight is 237 g/mol. The standard InChI is InChI=1S/C13H13F2NO/c14-12-4-1-5-13(15)11(12)8-9(16)7-10-3-2-6-17-10/h1-6,9H,7-8,16H2. The Labute approximate surface area is 98.0 Å². The minimum atomic E-state index is -0.556. The lowest BCUT2D eigenvalue weighted by Gasteiger charge is -2.11. The highest BCUT2D eigenvalue weighted by Gasteiger charge is 2.14. The first-order chi connectivity index (χ1) is 8.16. The summed E-state index contributed by atoms with van der Waals surface area (Å²) in [6.45, 7) is 0. The monoisotopic (exact) mass is 237 g/mol. The zero-order chi connectivity index (χ0) is 12.3. The molecule has 1 aromatic carbocycles. The average Bonchev–Trinajstić information content (AvgIpc) is 2.76. The van der Waals surface area contributed by atoms with Gasteiger partial charge in [-0.05, 0) is 30.7 Å². The van der Waals surface area contributed by atoms with Gasteiger partial charge in [-0.3, -0.25) is 0 Å². The lowest BCUT2D eigenvalue weighted by Crippen LogP contribution is -2.26. The van der Waals surface area contributed by atoms with E-state index in [1.165, 1.54) is 18.2 Å². The van der Waals surface area contributed by atoms with E-state index in [4.69, 9.17) is 10.2 Å². The minimum absolute atomic E-state index is 0.0338. The van der Waals surface area contributed by atoms with Crippen LogP contribution in [-0.4, -0.2) is 6.04 Å². The van der Waals surface area contributed by atoms with Crippen LogP contribution in [0.3, 0.4) is 0 Å². The molecule has 17 heavy (non-hydrogen) atoms. The Morgan fingerprint density at radius 3 is 2.35 bits per heavy atom. The van der Waals surface area contributed by atoms with Crippen LogP contribution in [0.5, 0.6) is 0 Å². The smallest absolute Gasteiger partial charge is 0.129 e. The Morgan fingerprint density at radius 1 is 1.06 bits per heavy atom. The summed E-state index contributed by atoms with van der Waals surface area (Å²) in [5, 5.41) is 0. The van der Waals surface area contributed by atoms with Crippen molar-refractivity contribution in [1.82, 2.24) is 0 Å². The SMILES string of the molecule is NC(Cc1ccco1)Cc1c(F)cccc1F. The molecule has 2 aromatic rings. The fourth-order valence-corrected chi connectivity index (χ4v) is 1.75. The normalized spacial score (nSPS) is 12.6. The van der Waals surface area contributed by atoms with Crippen molar-refractivity contribution in [3.8, 4) is 0 Å². The van der Waals surface area contributed by atoms with Crippen LogP contribution < -0.4 is 5.73 Å². The summed E-state index contributed by atoms with van der Waals surface area (Å²) in [6.07, 6.45) is 2.16. The topological polar surface area (TPSA) is 39.2 Å². The second-order valence-corrected chi connectivity index (χ2v) is 3.95. The molecule has 0 spiro atoms. The van der Waals surface area contributed by atoms with Crippen LogP contribution in [0.25, 0.3) is 0 Å². The van der Waals surface area contributed by atoms with E-state index in [9.17, 15) is 8.78 Å². The fourth-order valence-electron chi connectivity index (χ4n) is 1.75. The van der Waals surface area contributed by atoms with Crippen LogP contribution in [0, 0.1) is 11.6 Å². The van der Waals surface area contributed by atoms with E-state index < -0.39 is 11.6 Å². The van der Waals surface area contributed by atoms with Crippen LogP contribution in [0.15, 0.2) is 41.0 Å². The molecule has 0 saturated heterocycles. The third-order valence-electron chi connectivity index (χ3n) is 2.57. The molecule has 1 unspecified atom stereocenters. The molecule has 0 aliphatic carbocycles. The van der Waals surface area contributed by atoms with Crippen molar-refractivity contribution in [2.75, 3.05) is 0 Å². The first kappa shape index (κ1) is 11.8. The van der Waals surface area contributed by atoms with Gasteiger partial charge in [0, 0.05) is 18.0 Å². The second-order valence-electron chi connectivity index (χ2n) is 3.95. The Hall–Kier alpha value is -1.68.